The number of benzene rings is 1. The van der Waals surface area contributed by atoms with Crippen LogP contribution in [0.4, 0.5) is 0 Å². The highest BCUT2D eigenvalue weighted by Crippen LogP contribution is 2.43. The minimum Gasteiger partial charge on any atom is -0.377 e. The molecule has 5 nitrogen and oxygen atoms in total. The van der Waals surface area contributed by atoms with Crippen molar-refractivity contribution in [1.29, 1.82) is 0 Å². The molecule has 4 rings (SSSR count). The van der Waals surface area contributed by atoms with Crippen LogP contribution in [0.2, 0.25) is 0 Å². The average molecular weight is 372 g/mol. The lowest BCUT2D eigenvalue weighted by atomic mass is 9.78. The molecule has 2 fully saturated rings. The summed E-state index contributed by atoms with van der Waals surface area (Å²) in [7, 11) is 1.84. The molecule has 0 spiro atoms. The third-order valence-electron chi connectivity index (χ3n) is 5.89. The van der Waals surface area contributed by atoms with Gasteiger partial charge in [-0.2, -0.15) is 0 Å². The number of aromatic nitrogens is 1. The molecule has 2 aliphatic rings. The number of nitrogens with zero attached hydrogens (tertiary/aromatic N) is 2. The first-order valence-corrected chi connectivity index (χ1v) is 10.1. The van der Waals surface area contributed by atoms with Crippen molar-refractivity contribution in [3.8, 4) is 0 Å². The second kappa shape index (κ2) is 7.47. The Bertz CT molecular complexity index is 737. The minimum atomic E-state index is -0.0781. The number of hydrogen-bond acceptors (Lipinski definition) is 5. The molecule has 1 amide bonds. The van der Waals surface area contributed by atoms with Gasteiger partial charge in [-0.15, -0.1) is 11.3 Å². The van der Waals surface area contributed by atoms with E-state index in [0.717, 1.165) is 49.3 Å². The van der Waals surface area contributed by atoms with Gasteiger partial charge in [0.25, 0.3) is 5.91 Å². The van der Waals surface area contributed by atoms with E-state index in [-0.39, 0.29) is 17.6 Å². The number of rotatable bonds is 5. The maximum Gasteiger partial charge on any atom is 0.251 e. The highest BCUT2D eigenvalue weighted by atomic mass is 32.1. The summed E-state index contributed by atoms with van der Waals surface area (Å²) in [5, 5.41) is 6.41. The van der Waals surface area contributed by atoms with E-state index >= 15 is 0 Å². The number of nitrogens with one attached hydrogen (secondary N) is 1. The molecule has 1 N–H and O–H groups in total. The molecule has 1 saturated carbocycles. The largest absolute Gasteiger partial charge is 0.377 e. The van der Waals surface area contributed by atoms with Crippen LogP contribution in [0.1, 0.15) is 41.0 Å². The van der Waals surface area contributed by atoms with Crippen molar-refractivity contribution in [1.82, 2.24) is 15.2 Å². The molecule has 26 heavy (non-hydrogen) atoms. The molecule has 0 unspecified atom stereocenters. The fourth-order valence-corrected chi connectivity index (χ4v) is 5.11. The van der Waals surface area contributed by atoms with Gasteiger partial charge in [-0.3, -0.25) is 9.69 Å². The summed E-state index contributed by atoms with van der Waals surface area (Å²) in [4.78, 5) is 19.5. The maximum atomic E-state index is 12.5. The highest BCUT2D eigenvalue weighted by Gasteiger charge is 2.51. The van der Waals surface area contributed by atoms with Crippen LogP contribution in [0.25, 0.3) is 0 Å². The summed E-state index contributed by atoms with van der Waals surface area (Å²) >= 11 is 1.70. The topological polar surface area (TPSA) is 54.5 Å². The van der Waals surface area contributed by atoms with Crippen molar-refractivity contribution in [3.05, 3.63) is 52.5 Å². The van der Waals surface area contributed by atoms with E-state index in [0.29, 0.717) is 6.04 Å². The van der Waals surface area contributed by atoms with Crippen LogP contribution in [-0.4, -0.2) is 47.1 Å². The Hall–Kier alpha value is -1.76. The Balaban J connectivity index is 1.45. The summed E-state index contributed by atoms with van der Waals surface area (Å²) in [6.07, 6.45) is 5.80. The second-order valence-corrected chi connectivity index (χ2v) is 8.22. The van der Waals surface area contributed by atoms with E-state index in [2.05, 4.69) is 15.2 Å². The molecule has 1 aromatic heterocycles. The van der Waals surface area contributed by atoms with Crippen LogP contribution in [0.3, 0.4) is 0 Å². The Kier molecular flexibility index (Phi) is 5.07. The number of fused-ring (bicyclic) bond motifs is 1. The third kappa shape index (κ3) is 3.41. The number of amides is 1. The van der Waals surface area contributed by atoms with Crippen LogP contribution in [0, 0.1) is 0 Å². The molecular formula is C20H25N3O2S. The first kappa shape index (κ1) is 17.6. The van der Waals surface area contributed by atoms with Gasteiger partial charge in [-0.1, -0.05) is 18.2 Å². The van der Waals surface area contributed by atoms with E-state index < -0.39 is 0 Å². The van der Waals surface area contributed by atoms with Crippen LogP contribution < -0.4 is 5.32 Å². The van der Waals surface area contributed by atoms with Gasteiger partial charge in [0.2, 0.25) is 0 Å². The molecule has 3 atom stereocenters. The van der Waals surface area contributed by atoms with Gasteiger partial charge >= 0.3 is 0 Å². The summed E-state index contributed by atoms with van der Waals surface area (Å²) in [6.45, 7) is 1.89. The van der Waals surface area contributed by atoms with E-state index in [9.17, 15) is 4.79 Å². The first-order chi connectivity index (χ1) is 12.7. The molecule has 1 aliphatic heterocycles. The standard InChI is InChI=1S/C20H25N3O2S/c1-25-20-8-7-16(22-19(24)15-5-3-2-4-6-15)13-17(20)23(11-9-20)14-18-21-10-12-26-18/h2-6,10,12,16-17H,7-9,11,13-14H2,1H3,(H,22,24)/t16-,17+,20-/m1/s1. The third-order valence-corrected chi connectivity index (χ3v) is 6.66. The van der Waals surface area contributed by atoms with E-state index in [1.54, 1.807) is 11.3 Å². The number of ether oxygens (including phenoxy) is 1. The fraction of sp³-hybridized carbons (Fsp3) is 0.500. The van der Waals surface area contributed by atoms with Crippen molar-refractivity contribution >= 4 is 17.2 Å². The van der Waals surface area contributed by atoms with Gasteiger partial charge in [0.05, 0.1) is 12.1 Å². The summed E-state index contributed by atoms with van der Waals surface area (Å²) in [5.74, 6) is 0.0185. The van der Waals surface area contributed by atoms with Crippen LogP contribution >= 0.6 is 11.3 Å². The minimum absolute atomic E-state index is 0.0185. The van der Waals surface area contributed by atoms with Gasteiger partial charge in [0, 0.05) is 42.9 Å². The van der Waals surface area contributed by atoms with Gasteiger partial charge in [-0.25, -0.2) is 4.98 Å². The van der Waals surface area contributed by atoms with Crippen molar-refractivity contribution in [2.24, 2.45) is 0 Å². The lowest BCUT2D eigenvalue weighted by Gasteiger charge is -2.43. The molecule has 2 aromatic rings. The number of thiazole rings is 1. The van der Waals surface area contributed by atoms with Crippen molar-refractivity contribution < 1.29 is 9.53 Å². The van der Waals surface area contributed by atoms with Gasteiger partial charge in [0.1, 0.15) is 5.01 Å². The first-order valence-electron chi connectivity index (χ1n) is 9.24. The summed E-state index contributed by atoms with van der Waals surface area (Å²) in [5.41, 5.74) is 0.646. The SMILES string of the molecule is CO[C@@]12CC[C@@H](NC(=O)c3ccccc3)C[C@@H]1N(Cc1nccs1)CC2. The predicted octanol–water partition coefficient (Wildman–Crippen LogP) is 3.09. The van der Waals surface area contributed by atoms with Crippen LogP contribution in [-0.2, 0) is 11.3 Å². The smallest absolute Gasteiger partial charge is 0.251 e. The van der Waals surface area contributed by atoms with Gasteiger partial charge in [-0.05, 0) is 37.8 Å². The lowest BCUT2D eigenvalue weighted by molar-refractivity contribution is -0.0677. The fourth-order valence-electron chi connectivity index (χ4n) is 4.47. The molecule has 0 bridgehead atoms. The quantitative estimate of drug-likeness (QED) is 0.878. The average Bonchev–Trinajstić information content (AvgIpc) is 3.32. The summed E-state index contributed by atoms with van der Waals surface area (Å²) in [6, 6.07) is 9.97. The number of hydrogen-bond donors (Lipinski definition) is 1. The van der Waals surface area contributed by atoms with Gasteiger partial charge in [0.15, 0.2) is 0 Å². The van der Waals surface area contributed by atoms with Crippen molar-refractivity contribution in [2.75, 3.05) is 13.7 Å². The Morgan fingerprint density at radius 2 is 2.23 bits per heavy atom. The Morgan fingerprint density at radius 1 is 1.38 bits per heavy atom. The van der Waals surface area contributed by atoms with Gasteiger partial charge < -0.3 is 10.1 Å². The number of methoxy groups -OCH3 is 1. The molecule has 6 heteroatoms. The molecule has 1 aromatic carbocycles. The summed E-state index contributed by atoms with van der Waals surface area (Å²) < 4.78 is 6.02. The molecular weight excluding hydrogens is 346 g/mol. The predicted molar refractivity (Wildman–Crippen MR) is 102 cm³/mol. The van der Waals surface area contributed by atoms with Crippen LogP contribution in [0.15, 0.2) is 41.9 Å². The number of likely N-dealkylation sites (tertiary alicyclic amines) is 1. The molecule has 0 radical (unpaired) electrons. The van der Waals surface area contributed by atoms with E-state index in [4.69, 9.17) is 4.74 Å². The van der Waals surface area contributed by atoms with E-state index in [1.165, 1.54) is 0 Å². The maximum absolute atomic E-state index is 12.5. The molecule has 1 saturated heterocycles. The second-order valence-electron chi connectivity index (χ2n) is 7.24. The zero-order chi connectivity index (χ0) is 18.0. The Labute approximate surface area is 158 Å². The van der Waals surface area contributed by atoms with Crippen LogP contribution in [0.5, 0.6) is 0 Å². The lowest BCUT2D eigenvalue weighted by Crippen LogP contribution is -2.54. The Morgan fingerprint density at radius 3 is 2.96 bits per heavy atom. The highest BCUT2D eigenvalue weighted by molar-refractivity contribution is 7.09. The molecule has 138 valence electrons. The zero-order valence-electron chi connectivity index (χ0n) is 15.1. The number of carbonyl (C=O) groups excluding carboxylic acids is 1. The van der Waals surface area contributed by atoms with Crippen molar-refractivity contribution in [3.63, 3.8) is 0 Å². The molecule has 1 aliphatic carbocycles. The zero-order valence-corrected chi connectivity index (χ0v) is 15.9. The molecule has 2 heterocycles. The normalized spacial score (nSPS) is 28.7. The monoisotopic (exact) mass is 371 g/mol. The number of carbonyl (C=O) groups is 1. The van der Waals surface area contributed by atoms with E-state index in [1.807, 2.05) is 49.0 Å². The van der Waals surface area contributed by atoms with Crippen molar-refractivity contribution in [2.45, 2.75) is 49.9 Å².